The largest absolute Gasteiger partial charge is 0.452 e. The lowest BCUT2D eigenvalue weighted by atomic mass is 10.0. The molecule has 1 aromatic carbocycles. The van der Waals surface area contributed by atoms with Crippen LogP contribution in [0, 0.1) is 0 Å². The van der Waals surface area contributed by atoms with Gasteiger partial charge in [-0.05, 0) is 45.2 Å². The van der Waals surface area contributed by atoms with Crippen LogP contribution in [-0.4, -0.2) is 53.7 Å². The van der Waals surface area contributed by atoms with Crippen molar-refractivity contribution in [3.63, 3.8) is 0 Å². The highest BCUT2D eigenvalue weighted by atomic mass is 32.2. The summed E-state index contributed by atoms with van der Waals surface area (Å²) in [7, 11) is 0. The van der Waals surface area contributed by atoms with Crippen molar-refractivity contribution in [3.8, 4) is 0 Å². The molecule has 27 heavy (non-hydrogen) atoms. The van der Waals surface area contributed by atoms with E-state index in [4.69, 9.17) is 4.74 Å². The number of benzene rings is 1. The lowest BCUT2D eigenvalue weighted by Gasteiger charge is -2.24. The van der Waals surface area contributed by atoms with Crippen LogP contribution in [0.5, 0.6) is 0 Å². The predicted octanol–water partition coefficient (Wildman–Crippen LogP) is 2.86. The molecule has 0 unspecified atom stereocenters. The Labute approximate surface area is 165 Å². The first-order valence-corrected chi connectivity index (χ1v) is 10.3. The van der Waals surface area contributed by atoms with E-state index in [2.05, 4.69) is 5.32 Å². The quantitative estimate of drug-likeness (QED) is 0.544. The SMILES string of the molecule is CCC(C)(C)NC(=O)COC(=O)c1ccccc1SCC(=O)N1CCCC1. The third-order valence-corrected chi connectivity index (χ3v) is 5.67. The second-order valence-corrected chi connectivity index (χ2v) is 8.25. The molecule has 148 valence electrons. The van der Waals surface area contributed by atoms with Crippen LogP contribution in [0.4, 0.5) is 0 Å². The molecule has 1 aromatic rings. The number of nitrogens with zero attached hydrogens (tertiary/aromatic N) is 1. The standard InChI is InChI=1S/C20H28N2O4S/c1-4-20(2,3)21-17(23)13-26-19(25)15-9-5-6-10-16(15)27-14-18(24)22-11-7-8-12-22/h5-6,9-10H,4,7-8,11-14H2,1-3H3,(H,21,23). The Balaban J connectivity index is 1.90. The summed E-state index contributed by atoms with van der Waals surface area (Å²) in [5.41, 5.74) is 0.0342. The Morgan fingerprint density at radius 1 is 1.19 bits per heavy atom. The van der Waals surface area contributed by atoms with Crippen LogP contribution in [0.25, 0.3) is 0 Å². The van der Waals surface area contributed by atoms with Gasteiger partial charge in [0.1, 0.15) is 0 Å². The Bertz CT molecular complexity index is 684. The van der Waals surface area contributed by atoms with E-state index < -0.39 is 5.97 Å². The molecular formula is C20H28N2O4S. The van der Waals surface area contributed by atoms with E-state index in [9.17, 15) is 14.4 Å². The van der Waals surface area contributed by atoms with Gasteiger partial charge in [0.15, 0.2) is 6.61 Å². The first-order valence-electron chi connectivity index (χ1n) is 9.30. The number of rotatable bonds is 8. The van der Waals surface area contributed by atoms with E-state index in [0.29, 0.717) is 10.5 Å². The van der Waals surface area contributed by atoms with Crippen molar-refractivity contribution in [1.29, 1.82) is 0 Å². The first-order chi connectivity index (χ1) is 12.8. The van der Waals surface area contributed by atoms with Crippen molar-refractivity contribution in [2.45, 2.75) is 50.5 Å². The fourth-order valence-electron chi connectivity index (χ4n) is 2.67. The molecule has 1 fully saturated rings. The van der Waals surface area contributed by atoms with Crippen LogP contribution in [0.2, 0.25) is 0 Å². The van der Waals surface area contributed by atoms with Gasteiger partial charge < -0.3 is 15.0 Å². The lowest BCUT2D eigenvalue weighted by molar-refractivity contribution is -0.127. The third kappa shape index (κ3) is 6.57. The molecule has 0 bridgehead atoms. The number of hydrogen-bond donors (Lipinski definition) is 1. The van der Waals surface area contributed by atoms with Crippen LogP contribution >= 0.6 is 11.8 Å². The van der Waals surface area contributed by atoms with E-state index in [1.807, 2.05) is 31.7 Å². The molecule has 0 aromatic heterocycles. The van der Waals surface area contributed by atoms with Crippen molar-refractivity contribution < 1.29 is 19.1 Å². The zero-order valence-electron chi connectivity index (χ0n) is 16.2. The number of carbonyl (C=O) groups is 3. The molecule has 0 spiro atoms. The smallest absolute Gasteiger partial charge is 0.339 e. The number of hydrogen-bond acceptors (Lipinski definition) is 5. The molecule has 1 aliphatic heterocycles. The summed E-state index contributed by atoms with van der Waals surface area (Å²) in [6.45, 7) is 7.10. The summed E-state index contributed by atoms with van der Waals surface area (Å²) in [6.07, 6.45) is 2.88. The zero-order chi connectivity index (χ0) is 19.9. The molecule has 1 N–H and O–H groups in total. The summed E-state index contributed by atoms with van der Waals surface area (Å²) in [6, 6.07) is 7.00. The second-order valence-electron chi connectivity index (χ2n) is 7.23. The molecule has 1 aliphatic rings. The Morgan fingerprint density at radius 2 is 1.85 bits per heavy atom. The average molecular weight is 393 g/mol. The molecule has 0 saturated carbocycles. The van der Waals surface area contributed by atoms with Crippen molar-refractivity contribution in [1.82, 2.24) is 10.2 Å². The molecule has 2 rings (SSSR count). The number of thioether (sulfide) groups is 1. The highest BCUT2D eigenvalue weighted by Gasteiger charge is 2.21. The fraction of sp³-hybridized carbons (Fsp3) is 0.550. The van der Waals surface area contributed by atoms with Crippen LogP contribution in [0.3, 0.4) is 0 Å². The Kier molecular flexibility index (Phi) is 7.71. The number of nitrogens with one attached hydrogen (secondary N) is 1. The summed E-state index contributed by atoms with van der Waals surface area (Å²) < 4.78 is 5.17. The lowest BCUT2D eigenvalue weighted by Crippen LogP contribution is -2.44. The van der Waals surface area contributed by atoms with Gasteiger partial charge in [0, 0.05) is 23.5 Å². The van der Waals surface area contributed by atoms with Gasteiger partial charge in [-0.2, -0.15) is 0 Å². The van der Waals surface area contributed by atoms with Crippen molar-refractivity contribution in [2.24, 2.45) is 0 Å². The molecule has 0 atom stereocenters. The van der Waals surface area contributed by atoms with E-state index >= 15 is 0 Å². The summed E-state index contributed by atoms with van der Waals surface area (Å²) in [4.78, 5) is 39.1. The normalized spacial score (nSPS) is 14.1. The van der Waals surface area contributed by atoms with Gasteiger partial charge >= 0.3 is 5.97 Å². The van der Waals surface area contributed by atoms with Crippen molar-refractivity contribution in [2.75, 3.05) is 25.4 Å². The Morgan fingerprint density at radius 3 is 2.52 bits per heavy atom. The molecule has 6 nitrogen and oxygen atoms in total. The van der Waals surface area contributed by atoms with Crippen molar-refractivity contribution >= 4 is 29.5 Å². The molecular weight excluding hydrogens is 364 g/mol. The minimum atomic E-state index is -0.559. The van der Waals surface area contributed by atoms with Crippen LogP contribution < -0.4 is 5.32 Å². The number of esters is 1. The monoisotopic (exact) mass is 392 g/mol. The molecule has 0 radical (unpaired) electrons. The average Bonchev–Trinajstić information content (AvgIpc) is 3.19. The maximum absolute atomic E-state index is 12.4. The second kappa shape index (κ2) is 9.78. The highest BCUT2D eigenvalue weighted by Crippen LogP contribution is 2.24. The molecule has 1 heterocycles. The maximum atomic E-state index is 12.4. The van der Waals surface area contributed by atoms with Crippen LogP contribution in [0.1, 0.15) is 50.4 Å². The van der Waals surface area contributed by atoms with Gasteiger partial charge in [-0.3, -0.25) is 9.59 Å². The van der Waals surface area contributed by atoms with Gasteiger partial charge in [-0.15, -0.1) is 11.8 Å². The minimum absolute atomic E-state index is 0.0850. The highest BCUT2D eigenvalue weighted by molar-refractivity contribution is 8.00. The molecule has 0 aliphatic carbocycles. The molecule has 2 amide bonds. The van der Waals surface area contributed by atoms with Gasteiger partial charge in [-0.1, -0.05) is 19.1 Å². The number of ether oxygens (including phenoxy) is 1. The van der Waals surface area contributed by atoms with Crippen molar-refractivity contribution in [3.05, 3.63) is 29.8 Å². The van der Waals surface area contributed by atoms with Gasteiger partial charge in [0.2, 0.25) is 5.91 Å². The van der Waals surface area contributed by atoms with E-state index in [-0.39, 0.29) is 29.7 Å². The number of likely N-dealkylation sites (tertiary alicyclic amines) is 1. The zero-order valence-corrected chi connectivity index (χ0v) is 17.1. The topological polar surface area (TPSA) is 75.7 Å². The predicted molar refractivity (Wildman–Crippen MR) is 106 cm³/mol. The summed E-state index contributed by atoms with van der Waals surface area (Å²) in [5, 5.41) is 2.83. The van der Waals surface area contributed by atoms with Crippen LogP contribution in [-0.2, 0) is 14.3 Å². The summed E-state index contributed by atoms with van der Waals surface area (Å²) in [5.74, 6) is -0.516. The minimum Gasteiger partial charge on any atom is -0.452 e. The maximum Gasteiger partial charge on any atom is 0.339 e. The fourth-order valence-corrected chi connectivity index (χ4v) is 3.61. The Hall–Kier alpha value is -2.02. The molecule has 7 heteroatoms. The van der Waals surface area contributed by atoms with E-state index in [0.717, 1.165) is 32.4 Å². The summed E-state index contributed by atoms with van der Waals surface area (Å²) >= 11 is 1.33. The van der Waals surface area contributed by atoms with E-state index in [1.165, 1.54) is 11.8 Å². The number of carbonyl (C=O) groups excluding carboxylic acids is 3. The van der Waals surface area contributed by atoms with Gasteiger partial charge in [-0.25, -0.2) is 4.79 Å². The first kappa shape index (κ1) is 21.3. The van der Waals surface area contributed by atoms with Gasteiger partial charge in [0.25, 0.3) is 5.91 Å². The number of amides is 2. The molecule has 1 saturated heterocycles. The van der Waals surface area contributed by atoms with Crippen LogP contribution in [0.15, 0.2) is 29.2 Å². The third-order valence-electron chi connectivity index (χ3n) is 4.61. The van der Waals surface area contributed by atoms with Gasteiger partial charge in [0.05, 0.1) is 11.3 Å². The van der Waals surface area contributed by atoms with E-state index in [1.54, 1.807) is 18.2 Å².